The first-order valence-electron chi connectivity index (χ1n) is 9.87. The number of hydrogen-bond acceptors (Lipinski definition) is 2. The molecule has 0 fully saturated rings. The zero-order chi connectivity index (χ0) is 20.5. The standard InChI is InChI=1S/2C13H10OS/c2*14-15-12-7-3-1-5-10(12)9-11-6-2-4-8-13(11)15/h2*1-8H,9H2. The highest BCUT2D eigenvalue weighted by Gasteiger charge is 2.21. The Morgan fingerprint density at radius 1 is 0.400 bits per heavy atom. The minimum absolute atomic E-state index is 0.901. The molecule has 0 aliphatic carbocycles. The Morgan fingerprint density at radius 3 is 0.900 bits per heavy atom. The molecule has 6 rings (SSSR count). The molecule has 0 bridgehead atoms. The predicted molar refractivity (Wildman–Crippen MR) is 121 cm³/mol. The fourth-order valence-electron chi connectivity index (χ4n) is 3.97. The zero-order valence-corrected chi connectivity index (χ0v) is 17.9. The van der Waals surface area contributed by atoms with Crippen molar-refractivity contribution < 1.29 is 8.42 Å². The lowest BCUT2D eigenvalue weighted by atomic mass is 10.0. The van der Waals surface area contributed by atoms with Gasteiger partial charge in [-0.1, -0.05) is 72.8 Å². The van der Waals surface area contributed by atoms with Crippen molar-refractivity contribution in [3.8, 4) is 0 Å². The number of hydrogen-bond donors (Lipinski definition) is 0. The van der Waals surface area contributed by atoms with Gasteiger partial charge >= 0.3 is 0 Å². The van der Waals surface area contributed by atoms with Crippen molar-refractivity contribution in [1.82, 2.24) is 0 Å². The fourth-order valence-corrected chi connectivity index (χ4v) is 6.77. The van der Waals surface area contributed by atoms with Crippen molar-refractivity contribution in [3.05, 3.63) is 119 Å². The Labute approximate surface area is 181 Å². The number of benzene rings is 4. The van der Waals surface area contributed by atoms with Gasteiger partial charge < -0.3 is 0 Å². The Balaban J connectivity index is 0.000000128. The average Bonchev–Trinajstić information content (AvgIpc) is 2.80. The molecule has 0 saturated carbocycles. The fraction of sp³-hybridized carbons (Fsp3) is 0.0769. The average molecular weight is 429 g/mol. The molecule has 0 spiro atoms. The molecular formula is C26H20O2S2. The molecule has 2 aliphatic heterocycles. The van der Waals surface area contributed by atoms with Gasteiger partial charge in [0, 0.05) is 19.6 Å². The van der Waals surface area contributed by atoms with Gasteiger partial charge in [-0.2, -0.15) is 0 Å². The molecule has 30 heavy (non-hydrogen) atoms. The molecule has 0 N–H and O–H groups in total. The molecular weight excluding hydrogens is 408 g/mol. The largest absolute Gasteiger partial charge is 0.249 e. The maximum atomic E-state index is 12.2. The molecule has 2 heterocycles. The van der Waals surface area contributed by atoms with E-state index in [0.29, 0.717) is 0 Å². The molecule has 0 saturated heterocycles. The Kier molecular flexibility index (Phi) is 5.19. The third-order valence-electron chi connectivity index (χ3n) is 5.45. The van der Waals surface area contributed by atoms with Crippen molar-refractivity contribution >= 4 is 21.6 Å². The molecule has 4 aromatic rings. The van der Waals surface area contributed by atoms with E-state index < -0.39 is 21.6 Å². The smallest absolute Gasteiger partial charge is 0.0855 e. The van der Waals surface area contributed by atoms with Gasteiger partial charge in [0.05, 0.1) is 21.6 Å². The zero-order valence-electron chi connectivity index (χ0n) is 16.3. The van der Waals surface area contributed by atoms with Crippen LogP contribution in [0.25, 0.3) is 0 Å². The Morgan fingerprint density at radius 2 is 0.633 bits per heavy atom. The van der Waals surface area contributed by atoms with Crippen molar-refractivity contribution in [2.24, 2.45) is 0 Å². The van der Waals surface area contributed by atoms with Crippen molar-refractivity contribution in [3.63, 3.8) is 0 Å². The van der Waals surface area contributed by atoms with Crippen LogP contribution in [0.5, 0.6) is 0 Å². The summed E-state index contributed by atoms with van der Waals surface area (Å²) in [5.74, 6) is 0. The van der Waals surface area contributed by atoms with Crippen LogP contribution in [0.3, 0.4) is 0 Å². The van der Waals surface area contributed by atoms with E-state index in [4.69, 9.17) is 0 Å². The van der Waals surface area contributed by atoms with E-state index in [0.717, 1.165) is 32.4 Å². The van der Waals surface area contributed by atoms with Gasteiger partial charge in [0.25, 0.3) is 0 Å². The van der Waals surface area contributed by atoms with Gasteiger partial charge in [-0.3, -0.25) is 0 Å². The van der Waals surface area contributed by atoms with Gasteiger partial charge in [-0.25, -0.2) is 8.42 Å². The summed E-state index contributed by atoms with van der Waals surface area (Å²) in [5, 5.41) is 0. The van der Waals surface area contributed by atoms with Crippen LogP contribution in [-0.4, -0.2) is 8.42 Å². The first kappa shape index (κ1) is 19.2. The second-order valence-electron chi connectivity index (χ2n) is 7.32. The summed E-state index contributed by atoms with van der Waals surface area (Å²) >= 11 is 0. The van der Waals surface area contributed by atoms with Crippen LogP contribution in [0, 0.1) is 0 Å². The van der Waals surface area contributed by atoms with Crippen LogP contribution in [0.15, 0.2) is 117 Å². The van der Waals surface area contributed by atoms with Crippen LogP contribution in [0.2, 0.25) is 0 Å². The normalized spacial score (nSPS) is 14.4. The molecule has 2 aliphatic rings. The van der Waals surface area contributed by atoms with E-state index in [-0.39, 0.29) is 0 Å². The van der Waals surface area contributed by atoms with Crippen molar-refractivity contribution in [2.45, 2.75) is 32.4 Å². The van der Waals surface area contributed by atoms with Crippen LogP contribution in [0.1, 0.15) is 22.3 Å². The predicted octanol–water partition coefficient (Wildman–Crippen LogP) is 5.52. The second kappa shape index (κ2) is 8.13. The molecule has 0 aromatic heterocycles. The van der Waals surface area contributed by atoms with Gasteiger partial charge in [0.1, 0.15) is 0 Å². The monoisotopic (exact) mass is 428 g/mol. The SMILES string of the molecule is O=S1c2ccccc2Cc2ccccc21.O=S1c2ccccc2Cc2ccccc21. The highest BCUT2D eigenvalue weighted by molar-refractivity contribution is 7.85. The van der Waals surface area contributed by atoms with E-state index >= 15 is 0 Å². The van der Waals surface area contributed by atoms with Crippen molar-refractivity contribution in [2.75, 3.05) is 0 Å². The topological polar surface area (TPSA) is 34.1 Å². The molecule has 0 radical (unpaired) electrons. The van der Waals surface area contributed by atoms with Crippen LogP contribution in [0.4, 0.5) is 0 Å². The van der Waals surface area contributed by atoms with E-state index in [1.54, 1.807) is 0 Å². The van der Waals surface area contributed by atoms with Gasteiger partial charge in [0.15, 0.2) is 0 Å². The lowest BCUT2D eigenvalue weighted by molar-refractivity contribution is 0.678. The van der Waals surface area contributed by atoms with Crippen molar-refractivity contribution in [1.29, 1.82) is 0 Å². The van der Waals surface area contributed by atoms with E-state index in [2.05, 4.69) is 24.3 Å². The molecule has 0 unspecified atom stereocenters. The molecule has 148 valence electrons. The molecule has 0 amide bonds. The van der Waals surface area contributed by atoms with E-state index in [1.807, 2.05) is 72.8 Å². The van der Waals surface area contributed by atoms with Gasteiger partial charge in [0.2, 0.25) is 0 Å². The van der Waals surface area contributed by atoms with Gasteiger partial charge in [-0.15, -0.1) is 0 Å². The summed E-state index contributed by atoms with van der Waals surface area (Å²) in [6.07, 6.45) is 1.80. The Hall–Kier alpha value is -2.82. The van der Waals surface area contributed by atoms with E-state index in [9.17, 15) is 8.42 Å². The highest BCUT2D eigenvalue weighted by Crippen LogP contribution is 2.31. The van der Waals surface area contributed by atoms with Gasteiger partial charge in [-0.05, 0) is 59.4 Å². The summed E-state index contributed by atoms with van der Waals surface area (Å²) in [7, 11) is -1.98. The maximum Gasteiger partial charge on any atom is 0.0855 e. The van der Waals surface area contributed by atoms with E-state index in [1.165, 1.54) is 22.3 Å². The molecule has 0 atom stereocenters. The Bertz CT molecular complexity index is 1100. The summed E-state index contributed by atoms with van der Waals surface area (Å²) < 4.78 is 24.4. The second-order valence-corrected chi connectivity index (χ2v) is 10.2. The lowest BCUT2D eigenvalue weighted by Gasteiger charge is -2.18. The summed E-state index contributed by atoms with van der Waals surface area (Å²) in [6.45, 7) is 0. The van der Waals surface area contributed by atoms with Crippen LogP contribution in [-0.2, 0) is 34.4 Å². The quantitative estimate of drug-likeness (QED) is 0.319. The number of fused-ring (bicyclic) bond motifs is 4. The van der Waals surface area contributed by atoms with Crippen LogP contribution < -0.4 is 0 Å². The maximum absolute atomic E-state index is 12.2. The lowest BCUT2D eigenvalue weighted by Crippen LogP contribution is -2.08. The van der Waals surface area contributed by atoms with Crippen LogP contribution >= 0.6 is 0 Å². The molecule has 4 heteroatoms. The molecule has 4 aromatic carbocycles. The third-order valence-corrected chi connectivity index (χ3v) is 8.64. The first-order valence-corrected chi connectivity index (χ1v) is 12.2. The molecule has 2 nitrogen and oxygen atoms in total. The third kappa shape index (κ3) is 3.47. The number of rotatable bonds is 0. The summed E-state index contributed by atoms with van der Waals surface area (Å²) in [4.78, 5) is 3.87. The summed E-state index contributed by atoms with van der Waals surface area (Å²) in [6, 6.07) is 31.9. The highest BCUT2D eigenvalue weighted by atomic mass is 32.2. The minimum atomic E-state index is -0.990. The first-order chi connectivity index (χ1) is 14.7. The summed E-state index contributed by atoms with van der Waals surface area (Å²) in [5.41, 5.74) is 4.76. The minimum Gasteiger partial charge on any atom is -0.249 e.